The summed E-state index contributed by atoms with van der Waals surface area (Å²) >= 11 is 0. The molecule has 0 aliphatic rings. The van der Waals surface area contributed by atoms with Gasteiger partial charge in [-0.15, -0.1) is 0 Å². The van der Waals surface area contributed by atoms with Gasteiger partial charge in [0.1, 0.15) is 0 Å². The lowest BCUT2D eigenvalue weighted by atomic mass is 10.2. The molecule has 0 saturated heterocycles. The first kappa shape index (κ1) is 17.1. The molecule has 3 aromatic rings. The average molecular weight is 379 g/mol. The van der Waals surface area contributed by atoms with Crippen LogP contribution in [0.1, 0.15) is 0 Å². The fraction of sp³-hybridized carbons (Fsp3) is 0. The highest BCUT2D eigenvalue weighted by Gasteiger charge is 2.19. The number of aromatic nitrogens is 3. The van der Waals surface area contributed by atoms with Crippen LogP contribution in [0.3, 0.4) is 0 Å². The van der Waals surface area contributed by atoms with E-state index in [9.17, 15) is 16.8 Å². The molecule has 0 aliphatic carbocycles. The van der Waals surface area contributed by atoms with Crippen molar-refractivity contribution in [3.63, 3.8) is 0 Å². The Kier molecular flexibility index (Phi) is 4.29. The van der Waals surface area contributed by atoms with Gasteiger partial charge in [0.25, 0.3) is 10.0 Å². The average Bonchev–Trinajstić information content (AvgIpc) is 3.03. The summed E-state index contributed by atoms with van der Waals surface area (Å²) < 4.78 is 49.9. The van der Waals surface area contributed by atoms with Gasteiger partial charge in [-0.1, -0.05) is 6.07 Å². The number of nitrogens with zero attached hydrogens (tertiary/aromatic N) is 2. The molecule has 0 atom stereocenters. The highest BCUT2D eigenvalue weighted by atomic mass is 32.2. The first-order valence-corrected chi connectivity index (χ1v) is 9.90. The Morgan fingerprint density at radius 2 is 1.64 bits per heavy atom. The summed E-state index contributed by atoms with van der Waals surface area (Å²) in [5.74, 6) is 0.0628. The van der Waals surface area contributed by atoms with Crippen LogP contribution in [0.25, 0.3) is 11.3 Å². The number of hydrogen-bond acceptors (Lipinski definition) is 6. The molecule has 1 aromatic carbocycles. The van der Waals surface area contributed by atoms with Gasteiger partial charge >= 0.3 is 0 Å². The Balaban J connectivity index is 1.89. The number of H-pyrrole nitrogens is 1. The van der Waals surface area contributed by atoms with Gasteiger partial charge in [-0.3, -0.25) is 14.8 Å². The van der Waals surface area contributed by atoms with Crippen molar-refractivity contribution in [3.8, 4) is 11.3 Å². The van der Waals surface area contributed by atoms with Crippen LogP contribution in [0.5, 0.6) is 0 Å². The Morgan fingerprint density at radius 1 is 0.960 bits per heavy atom. The highest BCUT2D eigenvalue weighted by Crippen LogP contribution is 2.22. The molecule has 0 unspecified atom stereocenters. The van der Waals surface area contributed by atoms with E-state index in [0.717, 1.165) is 11.6 Å². The number of rotatable bonds is 5. The minimum absolute atomic E-state index is 0.0628. The van der Waals surface area contributed by atoms with Crippen LogP contribution in [-0.4, -0.2) is 32.0 Å². The number of nitrogens with one attached hydrogen (secondary N) is 2. The van der Waals surface area contributed by atoms with Gasteiger partial charge in [0.05, 0.1) is 15.5 Å². The maximum absolute atomic E-state index is 12.4. The topological polar surface area (TPSA) is 148 Å². The minimum Gasteiger partial charge on any atom is -0.276 e. The van der Waals surface area contributed by atoms with Crippen molar-refractivity contribution in [1.29, 1.82) is 0 Å². The summed E-state index contributed by atoms with van der Waals surface area (Å²) in [6.07, 6.45) is 3.19. The van der Waals surface area contributed by atoms with E-state index in [4.69, 9.17) is 5.14 Å². The van der Waals surface area contributed by atoms with Crippen molar-refractivity contribution < 1.29 is 16.8 Å². The van der Waals surface area contributed by atoms with Crippen LogP contribution >= 0.6 is 0 Å². The van der Waals surface area contributed by atoms with Crippen LogP contribution < -0.4 is 9.86 Å². The molecule has 11 heteroatoms. The monoisotopic (exact) mass is 379 g/mol. The van der Waals surface area contributed by atoms with Gasteiger partial charge in [-0.2, -0.15) is 5.10 Å². The van der Waals surface area contributed by atoms with Crippen molar-refractivity contribution in [1.82, 2.24) is 15.2 Å². The van der Waals surface area contributed by atoms with Gasteiger partial charge in [-0.05, 0) is 30.3 Å². The molecule has 25 heavy (non-hydrogen) atoms. The quantitative estimate of drug-likeness (QED) is 0.600. The number of benzene rings is 1. The minimum atomic E-state index is -4.03. The van der Waals surface area contributed by atoms with E-state index in [2.05, 4.69) is 19.9 Å². The molecule has 130 valence electrons. The zero-order chi connectivity index (χ0) is 18.1. The van der Waals surface area contributed by atoms with Gasteiger partial charge in [0, 0.05) is 24.0 Å². The molecule has 0 spiro atoms. The third-order valence-corrected chi connectivity index (χ3v) is 5.52. The highest BCUT2D eigenvalue weighted by molar-refractivity contribution is 7.92. The van der Waals surface area contributed by atoms with E-state index < -0.39 is 20.0 Å². The molecule has 0 saturated carbocycles. The maximum Gasteiger partial charge on any atom is 0.263 e. The normalized spacial score (nSPS) is 12.0. The molecule has 0 aliphatic heterocycles. The summed E-state index contributed by atoms with van der Waals surface area (Å²) in [4.78, 5) is 3.36. The first-order valence-electron chi connectivity index (χ1n) is 6.87. The molecule has 2 heterocycles. The molecule has 0 fully saturated rings. The molecular weight excluding hydrogens is 366 g/mol. The lowest BCUT2D eigenvalue weighted by Gasteiger charge is -2.06. The van der Waals surface area contributed by atoms with Crippen molar-refractivity contribution in [2.45, 2.75) is 9.79 Å². The van der Waals surface area contributed by atoms with E-state index in [1.807, 2.05) is 0 Å². The van der Waals surface area contributed by atoms with Gasteiger partial charge in [0.15, 0.2) is 5.82 Å². The van der Waals surface area contributed by atoms with Crippen molar-refractivity contribution >= 4 is 25.9 Å². The van der Waals surface area contributed by atoms with Crippen molar-refractivity contribution in [2.24, 2.45) is 5.14 Å². The third kappa shape index (κ3) is 3.84. The molecule has 2 aromatic heterocycles. The number of pyridine rings is 1. The maximum atomic E-state index is 12.4. The fourth-order valence-electron chi connectivity index (χ4n) is 2.07. The van der Waals surface area contributed by atoms with E-state index >= 15 is 0 Å². The second kappa shape index (κ2) is 6.27. The Morgan fingerprint density at radius 3 is 2.32 bits per heavy atom. The number of aromatic amines is 1. The SMILES string of the molecule is NS(=O)(=O)c1cccc(S(=O)(=O)Nc2cc(-c3ccncc3)[nH]n2)c1. The van der Waals surface area contributed by atoms with Gasteiger partial charge < -0.3 is 0 Å². The number of sulfonamides is 2. The Hall–Kier alpha value is -2.76. The number of primary sulfonamides is 1. The zero-order valence-corrected chi connectivity index (χ0v) is 14.3. The predicted octanol–water partition coefficient (Wildman–Crippen LogP) is 0.920. The lowest BCUT2D eigenvalue weighted by Crippen LogP contribution is -2.16. The van der Waals surface area contributed by atoms with E-state index in [-0.39, 0.29) is 15.6 Å². The third-order valence-electron chi connectivity index (χ3n) is 3.25. The Bertz CT molecular complexity index is 1110. The summed E-state index contributed by atoms with van der Waals surface area (Å²) in [5, 5.41) is 11.6. The molecular formula is C14H13N5O4S2. The van der Waals surface area contributed by atoms with Crippen molar-refractivity contribution in [3.05, 3.63) is 54.9 Å². The van der Waals surface area contributed by atoms with E-state index in [0.29, 0.717) is 5.69 Å². The first-order chi connectivity index (χ1) is 11.8. The van der Waals surface area contributed by atoms with Gasteiger partial charge in [0.2, 0.25) is 10.0 Å². The van der Waals surface area contributed by atoms with Crippen LogP contribution in [0.4, 0.5) is 5.82 Å². The van der Waals surface area contributed by atoms with E-state index in [1.54, 1.807) is 24.5 Å². The van der Waals surface area contributed by atoms with Crippen LogP contribution in [-0.2, 0) is 20.0 Å². The molecule has 0 amide bonds. The fourth-order valence-corrected chi connectivity index (χ4v) is 3.74. The summed E-state index contributed by atoms with van der Waals surface area (Å²) in [5.41, 5.74) is 1.38. The zero-order valence-electron chi connectivity index (χ0n) is 12.6. The molecule has 3 rings (SSSR count). The summed E-state index contributed by atoms with van der Waals surface area (Å²) in [7, 11) is -8.04. The lowest BCUT2D eigenvalue weighted by molar-refractivity contribution is 0.597. The second-order valence-electron chi connectivity index (χ2n) is 5.03. The van der Waals surface area contributed by atoms with Crippen LogP contribution in [0.2, 0.25) is 0 Å². The summed E-state index contributed by atoms with van der Waals surface area (Å²) in [6.45, 7) is 0. The Labute approximate surface area is 144 Å². The smallest absolute Gasteiger partial charge is 0.263 e. The number of anilines is 1. The molecule has 0 radical (unpaired) electrons. The molecule has 9 nitrogen and oxygen atoms in total. The summed E-state index contributed by atoms with van der Waals surface area (Å²) in [6, 6.07) is 9.73. The van der Waals surface area contributed by atoms with Crippen molar-refractivity contribution in [2.75, 3.05) is 4.72 Å². The van der Waals surface area contributed by atoms with Crippen LogP contribution in [0.15, 0.2) is 64.6 Å². The largest absolute Gasteiger partial charge is 0.276 e. The van der Waals surface area contributed by atoms with Crippen LogP contribution in [0, 0.1) is 0 Å². The second-order valence-corrected chi connectivity index (χ2v) is 8.27. The number of hydrogen-bond donors (Lipinski definition) is 3. The molecule has 4 N–H and O–H groups in total. The van der Waals surface area contributed by atoms with Gasteiger partial charge in [-0.25, -0.2) is 22.0 Å². The molecule has 0 bridgehead atoms. The van der Waals surface area contributed by atoms with E-state index in [1.165, 1.54) is 24.3 Å². The number of nitrogens with two attached hydrogens (primary N) is 1. The predicted molar refractivity (Wildman–Crippen MR) is 90.4 cm³/mol. The standard InChI is InChI=1S/C14H13N5O4S2/c15-24(20,21)11-2-1-3-12(8-11)25(22,23)19-14-9-13(17-18-14)10-4-6-16-7-5-10/h1-9H,(H2,15,20,21)(H2,17,18,19).